The average Bonchev–Trinajstić information content (AvgIpc) is 3.15. The van der Waals surface area contributed by atoms with Gasteiger partial charge in [0.2, 0.25) is 5.95 Å². The SMILES string of the molecule is CC(C)CNc1nc2c(ncn2C2O[C@H](CO)[C@@H](O)[C@H]2N=[N+]=[N-])c(=O)[nH]1. The highest BCUT2D eigenvalue weighted by Crippen LogP contribution is 2.33. The molecule has 2 aromatic heterocycles. The highest BCUT2D eigenvalue weighted by atomic mass is 16.5. The van der Waals surface area contributed by atoms with E-state index in [-0.39, 0.29) is 17.1 Å². The number of fused-ring (bicyclic) bond motifs is 1. The van der Waals surface area contributed by atoms with Crippen molar-refractivity contribution in [2.45, 2.75) is 38.3 Å². The largest absolute Gasteiger partial charge is 0.394 e. The van der Waals surface area contributed by atoms with E-state index in [1.54, 1.807) is 0 Å². The summed E-state index contributed by atoms with van der Waals surface area (Å²) in [5.74, 6) is 0.615. The summed E-state index contributed by atoms with van der Waals surface area (Å²) in [7, 11) is 0. The fraction of sp³-hybridized carbons (Fsp3) is 0.643. The van der Waals surface area contributed by atoms with Crippen molar-refractivity contribution in [3.63, 3.8) is 0 Å². The molecule has 4 N–H and O–H groups in total. The maximum absolute atomic E-state index is 12.2. The van der Waals surface area contributed by atoms with Crippen LogP contribution in [0.1, 0.15) is 20.1 Å². The minimum absolute atomic E-state index is 0.0883. The van der Waals surface area contributed by atoms with Gasteiger partial charge >= 0.3 is 0 Å². The van der Waals surface area contributed by atoms with Gasteiger partial charge in [0.25, 0.3) is 5.56 Å². The molecule has 3 rings (SSSR count). The van der Waals surface area contributed by atoms with Crippen molar-refractivity contribution in [3.05, 3.63) is 27.1 Å². The molecule has 0 amide bonds. The van der Waals surface area contributed by atoms with Gasteiger partial charge < -0.3 is 20.3 Å². The summed E-state index contributed by atoms with van der Waals surface area (Å²) >= 11 is 0. The van der Waals surface area contributed by atoms with Crippen LogP contribution >= 0.6 is 0 Å². The van der Waals surface area contributed by atoms with E-state index in [1.165, 1.54) is 10.9 Å². The van der Waals surface area contributed by atoms with Gasteiger partial charge in [-0.05, 0) is 11.4 Å². The van der Waals surface area contributed by atoms with Crippen LogP contribution in [0, 0.1) is 5.92 Å². The van der Waals surface area contributed by atoms with E-state index in [0.29, 0.717) is 12.5 Å². The average molecular weight is 364 g/mol. The number of hydrogen-bond donors (Lipinski definition) is 4. The van der Waals surface area contributed by atoms with E-state index in [9.17, 15) is 15.0 Å². The molecule has 12 nitrogen and oxygen atoms in total. The Morgan fingerprint density at radius 1 is 1.58 bits per heavy atom. The van der Waals surface area contributed by atoms with Gasteiger partial charge in [-0.25, -0.2) is 4.98 Å². The molecule has 0 spiro atoms. The quantitative estimate of drug-likeness (QED) is 0.320. The van der Waals surface area contributed by atoms with Crippen molar-refractivity contribution in [1.82, 2.24) is 19.5 Å². The summed E-state index contributed by atoms with van der Waals surface area (Å²) in [6.07, 6.45) is -1.74. The van der Waals surface area contributed by atoms with Gasteiger partial charge in [0.1, 0.15) is 18.4 Å². The predicted molar refractivity (Wildman–Crippen MR) is 91.4 cm³/mol. The van der Waals surface area contributed by atoms with Crippen LogP contribution in [0.3, 0.4) is 0 Å². The topological polar surface area (TPSA) is 174 Å². The number of ether oxygens (including phenoxy) is 1. The Morgan fingerprint density at radius 3 is 3.00 bits per heavy atom. The van der Waals surface area contributed by atoms with E-state index in [4.69, 9.17) is 10.3 Å². The Hall–Kier alpha value is -2.66. The highest BCUT2D eigenvalue weighted by molar-refractivity contribution is 5.71. The molecule has 3 heterocycles. The number of H-pyrrole nitrogens is 1. The van der Waals surface area contributed by atoms with Gasteiger partial charge in [-0.3, -0.25) is 14.3 Å². The fourth-order valence-corrected chi connectivity index (χ4v) is 2.79. The molecule has 0 aromatic carbocycles. The second-order valence-electron chi connectivity index (χ2n) is 6.45. The number of nitrogens with zero attached hydrogens (tertiary/aromatic N) is 6. The molecule has 0 saturated carbocycles. The molecule has 0 radical (unpaired) electrons. The fourth-order valence-electron chi connectivity index (χ4n) is 2.79. The summed E-state index contributed by atoms with van der Waals surface area (Å²) in [5.41, 5.74) is 8.64. The van der Waals surface area contributed by atoms with E-state index in [0.717, 1.165) is 0 Å². The number of aromatic nitrogens is 4. The summed E-state index contributed by atoms with van der Waals surface area (Å²) < 4.78 is 7.02. The number of azide groups is 1. The minimum atomic E-state index is -1.20. The third kappa shape index (κ3) is 3.22. The van der Waals surface area contributed by atoms with Crippen LogP contribution in [0.15, 0.2) is 16.2 Å². The van der Waals surface area contributed by atoms with Crippen LogP contribution < -0.4 is 10.9 Å². The molecule has 140 valence electrons. The number of hydrogen-bond acceptors (Lipinski definition) is 8. The standard InChI is InChI=1S/C14H20N8O4/c1-6(2)3-16-14-18-11-9(12(25)19-14)17-5-22(11)13-8(20-21-15)10(24)7(4-23)26-13/h5-8,10,13,23-24H,3-4H2,1-2H3,(H2,16,18,19,25)/t7-,8-,10-,13?/m1/s1. The Bertz CT molecular complexity index is 887. The minimum Gasteiger partial charge on any atom is -0.394 e. The molecule has 1 fully saturated rings. The first-order valence-corrected chi connectivity index (χ1v) is 8.15. The lowest BCUT2D eigenvalue weighted by Gasteiger charge is -2.17. The van der Waals surface area contributed by atoms with Gasteiger partial charge in [-0.1, -0.05) is 19.0 Å². The lowest BCUT2D eigenvalue weighted by atomic mass is 10.1. The van der Waals surface area contributed by atoms with Crippen LogP contribution in [0.4, 0.5) is 5.95 Å². The summed E-state index contributed by atoms with van der Waals surface area (Å²) in [5, 5.41) is 26.1. The van der Waals surface area contributed by atoms with Crippen LogP contribution in [0.2, 0.25) is 0 Å². The number of aliphatic hydroxyl groups excluding tert-OH is 2. The van der Waals surface area contributed by atoms with Gasteiger partial charge in [0.05, 0.1) is 19.0 Å². The second kappa shape index (κ2) is 7.30. The molecule has 26 heavy (non-hydrogen) atoms. The number of aliphatic hydroxyl groups is 2. The van der Waals surface area contributed by atoms with Gasteiger partial charge in [0, 0.05) is 11.5 Å². The lowest BCUT2D eigenvalue weighted by Crippen LogP contribution is -2.31. The van der Waals surface area contributed by atoms with E-state index in [1.807, 2.05) is 13.8 Å². The number of imidazole rings is 1. The number of aromatic amines is 1. The Labute approximate surface area is 147 Å². The Kier molecular flexibility index (Phi) is 5.09. The van der Waals surface area contributed by atoms with Gasteiger partial charge in [0.15, 0.2) is 11.2 Å². The summed E-state index contributed by atoms with van der Waals surface area (Å²) in [6.45, 7) is 4.19. The third-order valence-electron chi connectivity index (χ3n) is 4.09. The maximum Gasteiger partial charge on any atom is 0.280 e. The van der Waals surface area contributed by atoms with Crippen molar-refractivity contribution in [2.75, 3.05) is 18.5 Å². The van der Waals surface area contributed by atoms with Crippen molar-refractivity contribution in [1.29, 1.82) is 0 Å². The molecule has 1 saturated heterocycles. The molecule has 1 aliphatic rings. The Balaban J connectivity index is 2.04. The maximum atomic E-state index is 12.2. The van der Waals surface area contributed by atoms with Crippen LogP contribution in [-0.2, 0) is 4.74 Å². The molecular formula is C14H20N8O4. The number of anilines is 1. The second-order valence-corrected chi connectivity index (χ2v) is 6.45. The first-order valence-electron chi connectivity index (χ1n) is 8.15. The predicted octanol–water partition coefficient (Wildman–Crippen LogP) is 0.117. The third-order valence-corrected chi connectivity index (χ3v) is 4.09. The highest BCUT2D eigenvalue weighted by Gasteiger charge is 2.44. The van der Waals surface area contributed by atoms with Crippen molar-refractivity contribution in [3.8, 4) is 0 Å². The molecule has 2 aromatic rings. The molecule has 1 aliphatic heterocycles. The van der Waals surface area contributed by atoms with Gasteiger partial charge in [-0.15, -0.1) is 0 Å². The molecule has 12 heteroatoms. The zero-order chi connectivity index (χ0) is 18.8. The molecule has 1 unspecified atom stereocenters. The zero-order valence-electron chi connectivity index (χ0n) is 14.3. The summed E-state index contributed by atoms with van der Waals surface area (Å²) in [4.78, 5) is 26.0. The molecule has 0 aliphatic carbocycles. The smallest absolute Gasteiger partial charge is 0.280 e. The monoisotopic (exact) mass is 364 g/mol. The first-order chi connectivity index (χ1) is 12.5. The Morgan fingerprint density at radius 2 is 2.35 bits per heavy atom. The van der Waals surface area contributed by atoms with Crippen molar-refractivity contribution in [2.24, 2.45) is 11.0 Å². The van der Waals surface area contributed by atoms with E-state index >= 15 is 0 Å². The van der Waals surface area contributed by atoms with Crippen molar-refractivity contribution >= 4 is 17.1 Å². The van der Waals surface area contributed by atoms with Crippen LogP contribution in [0.5, 0.6) is 0 Å². The van der Waals surface area contributed by atoms with Gasteiger partial charge in [-0.2, -0.15) is 4.98 Å². The number of nitrogens with one attached hydrogen (secondary N) is 2. The number of rotatable bonds is 6. The normalized spacial score (nSPS) is 25.6. The molecular weight excluding hydrogens is 344 g/mol. The summed E-state index contributed by atoms with van der Waals surface area (Å²) in [6, 6.07) is -0.997. The molecule has 0 bridgehead atoms. The zero-order valence-corrected chi connectivity index (χ0v) is 14.3. The van der Waals surface area contributed by atoms with Crippen LogP contribution in [0.25, 0.3) is 21.6 Å². The molecule has 4 atom stereocenters. The van der Waals surface area contributed by atoms with E-state index in [2.05, 4.69) is 30.3 Å². The lowest BCUT2D eigenvalue weighted by molar-refractivity contribution is -0.0436. The van der Waals surface area contributed by atoms with Crippen molar-refractivity contribution < 1.29 is 14.9 Å². The van der Waals surface area contributed by atoms with Crippen LogP contribution in [-0.4, -0.2) is 61.1 Å². The van der Waals surface area contributed by atoms with E-state index < -0.39 is 36.6 Å². The first kappa shape index (κ1) is 18.1.